The molecule has 104 valence electrons. The SMILES string of the molecule is CC(C)CCNC(=O)C1(c2cccc(Cl)c2)CCC1. The van der Waals surface area contributed by atoms with E-state index in [2.05, 4.69) is 19.2 Å². The van der Waals surface area contributed by atoms with E-state index >= 15 is 0 Å². The summed E-state index contributed by atoms with van der Waals surface area (Å²) in [6.07, 6.45) is 4.00. The Labute approximate surface area is 120 Å². The molecule has 0 aliphatic heterocycles. The maximum Gasteiger partial charge on any atom is 0.230 e. The van der Waals surface area contributed by atoms with Crippen LogP contribution in [-0.2, 0) is 10.2 Å². The average Bonchev–Trinajstić information content (AvgIpc) is 2.27. The van der Waals surface area contributed by atoms with Crippen LogP contribution in [0.4, 0.5) is 0 Å². The van der Waals surface area contributed by atoms with Crippen molar-refractivity contribution in [2.45, 2.75) is 44.9 Å². The van der Waals surface area contributed by atoms with E-state index in [4.69, 9.17) is 11.6 Å². The minimum absolute atomic E-state index is 0.168. The molecule has 0 saturated heterocycles. The minimum Gasteiger partial charge on any atom is -0.355 e. The van der Waals surface area contributed by atoms with Gasteiger partial charge in [0.25, 0.3) is 0 Å². The Morgan fingerprint density at radius 3 is 2.68 bits per heavy atom. The van der Waals surface area contributed by atoms with E-state index in [1.54, 1.807) is 0 Å². The summed E-state index contributed by atoms with van der Waals surface area (Å²) in [5, 5.41) is 3.80. The predicted octanol–water partition coefficient (Wildman–Crippen LogP) is 3.92. The first kappa shape index (κ1) is 14.4. The van der Waals surface area contributed by atoms with Crippen LogP contribution >= 0.6 is 11.6 Å². The van der Waals surface area contributed by atoms with Gasteiger partial charge >= 0.3 is 0 Å². The first-order valence-electron chi connectivity index (χ1n) is 7.09. The lowest BCUT2D eigenvalue weighted by Crippen LogP contribution is -2.49. The number of nitrogens with one attached hydrogen (secondary N) is 1. The monoisotopic (exact) mass is 279 g/mol. The van der Waals surface area contributed by atoms with Gasteiger partial charge in [-0.2, -0.15) is 0 Å². The van der Waals surface area contributed by atoms with E-state index in [9.17, 15) is 4.79 Å². The molecule has 0 unspecified atom stereocenters. The predicted molar refractivity (Wildman–Crippen MR) is 79.4 cm³/mol. The van der Waals surface area contributed by atoms with Gasteiger partial charge in [-0.05, 0) is 42.9 Å². The van der Waals surface area contributed by atoms with Gasteiger partial charge in [-0.3, -0.25) is 4.79 Å². The summed E-state index contributed by atoms with van der Waals surface area (Å²) < 4.78 is 0. The largest absolute Gasteiger partial charge is 0.355 e. The lowest BCUT2D eigenvalue weighted by molar-refractivity contribution is -0.129. The number of amides is 1. The second kappa shape index (κ2) is 5.96. The van der Waals surface area contributed by atoms with Crippen LogP contribution in [0, 0.1) is 5.92 Å². The zero-order valence-corrected chi connectivity index (χ0v) is 12.5. The number of halogens is 1. The maximum atomic E-state index is 12.5. The van der Waals surface area contributed by atoms with E-state index in [-0.39, 0.29) is 11.3 Å². The maximum absolute atomic E-state index is 12.5. The third kappa shape index (κ3) is 3.11. The molecular weight excluding hydrogens is 258 g/mol. The Morgan fingerprint density at radius 2 is 2.16 bits per heavy atom. The van der Waals surface area contributed by atoms with Crippen LogP contribution in [0.2, 0.25) is 5.02 Å². The first-order valence-corrected chi connectivity index (χ1v) is 7.47. The molecule has 0 aromatic heterocycles. The van der Waals surface area contributed by atoms with Gasteiger partial charge in [0.05, 0.1) is 5.41 Å². The Kier molecular flexibility index (Phi) is 4.51. The summed E-state index contributed by atoms with van der Waals surface area (Å²) in [6.45, 7) is 5.10. The number of rotatable bonds is 5. The highest BCUT2D eigenvalue weighted by Crippen LogP contribution is 2.44. The molecule has 0 radical (unpaired) electrons. The van der Waals surface area contributed by atoms with Crippen LogP contribution in [0.5, 0.6) is 0 Å². The smallest absolute Gasteiger partial charge is 0.230 e. The number of carbonyl (C=O) groups excluding carboxylic acids is 1. The van der Waals surface area contributed by atoms with Gasteiger partial charge in [-0.1, -0.05) is 44.0 Å². The minimum atomic E-state index is -0.331. The molecule has 0 heterocycles. The van der Waals surface area contributed by atoms with Gasteiger partial charge in [0, 0.05) is 11.6 Å². The Hall–Kier alpha value is -1.02. The fourth-order valence-electron chi connectivity index (χ4n) is 2.61. The third-order valence-corrected chi connectivity index (χ3v) is 4.26. The number of hydrogen-bond acceptors (Lipinski definition) is 1. The molecule has 1 aliphatic carbocycles. The summed E-state index contributed by atoms with van der Waals surface area (Å²) in [4.78, 5) is 12.5. The topological polar surface area (TPSA) is 29.1 Å². The van der Waals surface area contributed by atoms with Crippen LogP contribution in [0.3, 0.4) is 0 Å². The van der Waals surface area contributed by atoms with E-state index in [0.717, 1.165) is 37.8 Å². The highest BCUT2D eigenvalue weighted by atomic mass is 35.5. The van der Waals surface area contributed by atoms with E-state index < -0.39 is 0 Å². The normalized spacial score (nSPS) is 17.1. The molecule has 1 saturated carbocycles. The zero-order valence-electron chi connectivity index (χ0n) is 11.7. The quantitative estimate of drug-likeness (QED) is 0.869. The van der Waals surface area contributed by atoms with E-state index in [1.807, 2.05) is 24.3 Å². The summed E-state index contributed by atoms with van der Waals surface area (Å²) in [7, 11) is 0. The highest BCUT2D eigenvalue weighted by molar-refractivity contribution is 6.30. The standard InChI is InChI=1S/C16H22ClNO/c1-12(2)7-10-18-15(19)16(8-4-9-16)13-5-3-6-14(17)11-13/h3,5-6,11-12H,4,7-10H2,1-2H3,(H,18,19). The third-order valence-electron chi connectivity index (χ3n) is 4.03. The zero-order chi connectivity index (χ0) is 13.9. The molecule has 2 rings (SSSR count). The van der Waals surface area contributed by atoms with Crippen molar-refractivity contribution >= 4 is 17.5 Å². The fourth-order valence-corrected chi connectivity index (χ4v) is 2.80. The van der Waals surface area contributed by atoms with Crippen LogP contribution < -0.4 is 5.32 Å². The molecule has 1 N–H and O–H groups in total. The van der Waals surface area contributed by atoms with Crippen molar-refractivity contribution in [3.8, 4) is 0 Å². The second-order valence-electron chi connectivity index (χ2n) is 5.88. The van der Waals surface area contributed by atoms with Gasteiger partial charge < -0.3 is 5.32 Å². The van der Waals surface area contributed by atoms with Gasteiger partial charge in [0.1, 0.15) is 0 Å². The number of hydrogen-bond donors (Lipinski definition) is 1. The van der Waals surface area contributed by atoms with Gasteiger partial charge in [-0.15, -0.1) is 0 Å². The lowest BCUT2D eigenvalue weighted by atomic mass is 9.64. The Bertz CT molecular complexity index is 452. The molecule has 19 heavy (non-hydrogen) atoms. The van der Waals surface area contributed by atoms with Crippen molar-refractivity contribution in [1.82, 2.24) is 5.32 Å². The lowest BCUT2D eigenvalue weighted by Gasteiger charge is -2.40. The molecule has 1 aromatic carbocycles. The van der Waals surface area contributed by atoms with Crippen molar-refractivity contribution < 1.29 is 4.79 Å². The average molecular weight is 280 g/mol. The molecule has 0 spiro atoms. The van der Waals surface area contributed by atoms with Gasteiger partial charge in [0.2, 0.25) is 5.91 Å². The van der Waals surface area contributed by atoms with Crippen molar-refractivity contribution in [1.29, 1.82) is 0 Å². The summed E-state index contributed by atoms with van der Waals surface area (Å²) in [5.41, 5.74) is 0.732. The highest BCUT2D eigenvalue weighted by Gasteiger charge is 2.45. The molecule has 0 bridgehead atoms. The molecule has 1 fully saturated rings. The molecule has 1 amide bonds. The van der Waals surface area contributed by atoms with E-state index in [1.165, 1.54) is 0 Å². The van der Waals surface area contributed by atoms with Crippen molar-refractivity contribution in [3.05, 3.63) is 34.9 Å². The molecule has 2 nitrogen and oxygen atoms in total. The number of carbonyl (C=O) groups is 1. The fraction of sp³-hybridized carbons (Fsp3) is 0.562. The van der Waals surface area contributed by atoms with E-state index in [0.29, 0.717) is 10.9 Å². The Morgan fingerprint density at radius 1 is 1.42 bits per heavy atom. The van der Waals surface area contributed by atoms with Crippen LogP contribution in [0.15, 0.2) is 24.3 Å². The summed E-state index contributed by atoms with van der Waals surface area (Å²) >= 11 is 6.05. The van der Waals surface area contributed by atoms with Crippen LogP contribution in [0.25, 0.3) is 0 Å². The molecule has 1 aliphatic rings. The van der Waals surface area contributed by atoms with Crippen molar-refractivity contribution in [2.24, 2.45) is 5.92 Å². The van der Waals surface area contributed by atoms with Crippen LogP contribution in [0.1, 0.15) is 45.1 Å². The molecule has 0 atom stereocenters. The van der Waals surface area contributed by atoms with Crippen molar-refractivity contribution in [2.75, 3.05) is 6.54 Å². The summed E-state index contributed by atoms with van der Waals surface area (Å²) in [5.74, 6) is 0.783. The van der Waals surface area contributed by atoms with Crippen molar-refractivity contribution in [3.63, 3.8) is 0 Å². The molecule has 1 aromatic rings. The van der Waals surface area contributed by atoms with Crippen LogP contribution in [-0.4, -0.2) is 12.5 Å². The first-order chi connectivity index (χ1) is 9.04. The number of benzene rings is 1. The molecule has 3 heteroatoms. The summed E-state index contributed by atoms with van der Waals surface area (Å²) in [6, 6.07) is 7.74. The van der Waals surface area contributed by atoms with Gasteiger partial charge in [-0.25, -0.2) is 0 Å². The second-order valence-corrected chi connectivity index (χ2v) is 6.32. The van der Waals surface area contributed by atoms with Gasteiger partial charge in [0.15, 0.2) is 0 Å². The Balaban J connectivity index is 2.08. The molecular formula is C16H22ClNO.